The third-order valence-corrected chi connectivity index (χ3v) is 5.84. The van der Waals surface area contributed by atoms with Crippen molar-refractivity contribution in [1.82, 2.24) is 24.5 Å². The summed E-state index contributed by atoms with van der Waals surface area (Å²) in [5.41, 5.74) is 1.98. The third-order valence-electron chi connectivity index (χ3n) is 5.06. The number of terminal acetylenes is 1. The summed E-state index contributed by atoms with van der Waals surface area (Å²) < 4.78 is 20.8. The fourth-order valence-corrected chi connectivity index (χ4v) is 4.07. The quantitative estimate of drug-likeness (QED) is 0.499. The zero-order chi connectivity index (χ0) is 21.3. The van der Waals surface area contributed by atoms with Gasteiger partial charge in [0.15, 0.2) is 10.8 Å². The van der Waals surface area contributed by atoms with Crippen LogP contribution < -0.4 is 5.69 Å². The number of hydrogen-bond donors (Lipinski definition) is 1. The molecule has 7 nitrogen and oxygen atoms in total. The van der Waals surface area contributed by atoms with Crippen LogP contribution in [0.2, 0.25) is 0 Å². The van der Waals surface area contributed by atoms with Crippen LogP contribution >= 0.6 is 11.8 Å². The molecule has 2 aromatic heterocycles. The number of ether oxygens (including phenoxy) is 1. The molecule has 9 heteroatoms. The number of hydrogen-bond acceptors (Lipinski definition) is 6. The summed E-state index contributed by atoms with van der Waals surface area (Å²) in [6, 6.07) is 6.44. The smallest absolute Gasteiger partial charge is 0.350 e. The molecule has 1 unspecified atom stereocenters. The minimum atomic E-state index is -0.411. The summed E-state index contributed by atoms with van der Waals surface area (Å²) >= 11 is 1.26. The van der Waals surface area contributed by atoms with Crippen molar-refractivity contribution in [2.75, 3.05) is 25.4 Å². The first-order chi connectivity index (χ1) is 14.5. The highest BCUT2D eigenvalue weighted by Gasteiger charge is 2.30. The number of thioether (sulfide) groups is 1. The number of aromatic amines is 1. The molecule has 3 aromatic rings. The molecule has 3 heterocycles. The normalized spacial score (nSPS) is 17.5. The molecule has 0 saturated carbocycles. The highest BCUT2D eigenvalue weighted by atomic mass is 32.2. The minimum Gasteiger partial charge on any atom is -0.369 e. The Morgan fingerprint density at radius 2 is 2.17 bits per heavy atom. The molecule has 30 heavy (non-hydrogen) atoms. The van der Waals surface area contributed by atoms with Crippen molar-refractivity contribution in [3.8, 4) is 23.5 Å². The van der Waals surface area contributed by atoms with E-state index in [2.05, 4.69) is 39.7 Å². The fraction of sp³-hybridized carbons (Fsp3) is 0.381. The molecular weight excluding hydrogens is 405 g/mol. The standard InChI is InChI=1S/C21H22FN5O2S/c1-4-11-30-20-23-19-17(14-5-7-15(22)8-6-14)18(25-27(19)21(28)24-20)16-12-26(13(2)3)9-10-29-16/h1,5-8,13,16H,9-12H2,2-3H3,(H,23,24,28). The molecule has 1 N–H and O–H groups in total. The van der Waals surface area contributed by atoms with Gasteiger partial charge in [0, 0.05) is 19.1 Å². The number of H-pyrrole nitrogens is 1. The van der Waals surface area contributed by atoms with Gasteiger partial charge in [0.2, 0.25) is 0 Å². The first-order valence-electron chi connectivity index (χ1n) is 9.68. The molecule has 1 saturated heterocycles. The molecule has 1 atom stereocenters. The molecular formula is C21H22FN5O2S. The summed E-state index contributed by atoms with van der Waals surface area (Å²) in [6.07, 6.45) is 5.01. The van der Waals surface area contributed by atoms with Crippen LogP contribution in [0.3, 0.4) is 0 Å². The van der Waals surface area contributed by atoms with Gasteiger partial charge in [-0.25, -0.2) is 14.2 Å². The Balaban J connectivity index is 1.89. The van der Waals surface area contributed by atoms with E-state index in [9.17, 15) is 9.18 Å². The van der Waals surface area contributed by atoms with Crippen molar-refractivity contribution >= 4 is 17.4 Å². The van der Waals surface area contributed by atoms with E-state index < -0.39 is 5.69 Å². The van der Waals surface area contributed by atoms with Crippen LogP contribution in [0.1, 0.15) is 25.6 Å². The first kappa shape index (κ1) is 20.6. The van der Waals surface area contributed by atoms with Gasteiger partial charge in [-0.15, -0.1) is 6.42 Å². The van der Waals surface area contributed by atoms with Crippen molar-refractivity contribution < 1.29 is 9.13 Å². The second kappa shape index (κ2) is 8.60. The molecule has 0 aliphatic carbocycles. The van der Waals surface area contributed by atoms with Gasteiger partial charge in [-0.3, -0.25) is 9.88 Å². The molecule has 1 aliphatic rings. The predicted molar refractivity (Wildman–Crippen MR) is 114 cm³/mol. The summed E-state index contributed by atoms with van der Waals surface area (Å²) in [6.45, 7) is 6.31. The fourth-order valence-electron chi connectivity index (χ4n) is 3.54. The van der Waals surface area contributed by atoms with E-state index in [-0.39, 0.29) is 11.9 Å². The Labute approximate surface area is 177 Å². The Hall–Kier alpha value is -2.67. The molecule has 1 aliphatic heterocycles. The van der Waals surface area contributed by atoms with E-state index in [1.165, 1.54) is 28.4 Å². The topological polar surface area (TPSA) is 75.5 Å². The molecule has 0 spiro atoms. The van der Waals surface area contributed by atoms with Crippen molar-refractivity contribution in [2.24, 2.45) is 0 Å². The molecule has 0 amide bonds. The summed E-state index contributed by atoms with van der Waals surface area (Å²) in [5.74, 6) is 2.56. The lowest BCUT2D eigenvalue weighted by Gasteiger charge is -2.35. The predicted octanol–water partition coefficient (Wildman–Crippen LogP) is 2.73. The summed E-state index contributed by atoms with van der Waals surface area (Å²) in [7, 11) is 0. The van der Waals surface area contributed by atoms with Gasteiger partial charge in [-0.2, -0.15) is 9.61 Å². The van der Waals surface area contributed by atoms with E-state index >= 15 is 0 Å². The molecule has 1 aromatic carbocycles. The maximum atomic E-state index is 13.6. The number of nitrogens with one attached hydrogen (secondary N) is 1. The second-order valence-corrected chi connectivity index (χ2v) is 8.25. The maximum Gasteiger partial charge on any atom is 0.350 e. The van der Waals surface area contributed by atoms with Crippen LogP contribution in [0, 0.1) is 18.2 Å². The highest BCUT2D eigenvalue weighted by molar-refractivity contribution is 7.99. The van der Waals surface area contributed by atoms with Gasteiger partial charge < -0.3 is 4.74 Å². The number of rotatable bonds is 5. The zero-order valence-corrected chi connectivity index (χ0v) is 17.6. The lowest BCUT2D eigenvalue weighted by Crippen LogP contribution is -2.42. The van der Waals surface area contributed by atoms with Crippen LogP contribution in [0.25, 0.3) is 16.8 Å². The van der Waals surface area contributed by atoms with Gasteiger partial charge in [0.25, 0.3) is 0 Å². The average molecular weight is 428 g/mol. The van der Waals surface area contributed by atoms with E-state index in [4.69, 9.17) is 11.2 Å². The van der Waals surface area contributed by atoms with Crippen molar-refractivity contribution in [1.29, 1.82) is 0 Å². The number of nitrogens with zero attached hydrogens (tertiary/aromatic N) is 4. The van der Waals surface area contributed by atoms with E-state index in [1.807, 2.05) is 0 Å². The Morgan fingerprint density at radius 1 is 1.40 bits per heavy atom. The Bertz CT molecular complexity index is 1150. The SMILES string of the molecule is C#CCSc1nc2c(-c3ccc(F)cc3)c(C3CN(C(C)C)CCO3)nn2c(=O)[nH]1. The largest absolute Gasteiger partial charge is 0.369 e. The summed E-state index contributed by atoms with van der Waals surface area (Å²) in [5, 5.41) is 4.98. The minimum absolute atomic E-state index is 0.330. The molecule has 0 radical (unpaired) electrons. The van der Waals surface area contributed by atoms with Gasteiger partial charge in [0.1, 0.15) is 17.6 Å². The van der Waals surface area contributed by atoms with Crippen molar-refractivity contribution in [3.05, 3.63) is 46.3 Å². The van der Waals surface area contributed by atoms with Crippen LogP contribution in [0.5, 0.6) is 0 Å². The van der Waals surface area contributed by atoms with Crippen LogP contribution in [-0.4, -0.2) is 56.0 Å². The molecule has 0 bridgehead atoms. The Morgan fingerprint density at radius 3 is 2.87 bits per heavy atom. The lowest BCUT2D eigenvalue weighted by atomic mass is 10.0. The van der Waals surface area contributed by atoms with E-state index in [0.29, 0.717) is 47.0 Å². The number of morpholine rings is 1. The van der Waals surface area contributed by atoms with Gasteiger partial charge in [-0.1, -0.05) is 29.8 Å². The first-order valence-corrected chi connectivity index (χ1v) is 10.7. The van der Waals surface area contributed by atoms with E-state index in [1.54, 1.807) is 12.1 Å². The Kier molecular flexibility index (Phi) is 5.90. The van der Waals surface area contributed by atoms with E-state index in [0.717, 1.165) is 12.1 Å². The summed E-state index contributed by atoms with van der Waals surface area (Å²) in [4.78, 5) is 22.3. The monoisotopic (exact) mass is 427 g/mol. The number of aromatic nitrogens is 4. The lowest BCUT2D eigenvalue weighted by molar-refractivity contribution is -0.0420. The molecule has 156 valence electrons. The number of fused-ring (bicyclic) bond motifs is 1. The van der Waals surface area contributed by atoms with Crippen LogP contribution in [0.15, 0.2) is 34.2 Å². The van der Waals surface area contributed by atoms with Crippen molar-refractivity contribution in [2.45, 2.75) is 31.1 Å². The van der Waals surface area contributed by atoms with Crippen LogP contribution in [-0.2, 0) is 4.74 Å². The second-order valence-electron chi connectivity index (χ2n) is 7.29. The maximum absolute atomic E-state index is 13.6. The third kappa shape index (κ3) is 3.99. The average Bonchev–Trinajstić information content (AvgIpc) is 3.13. The van der Waals surface area contributed by atoms with Gasteiger partial charge >= 0.3 is 5.69 Å². The number of benzene rings is 1. The molecule has 1 fully saturated rings. The van der Waals surface area contributed by atoms with Gasteiger partial charge in [0.05, 0.1) is 17.9 Å². The zero-order valence-electron chi connectivity index (χ0n) is 16.8. The molecule has 4 rings (SSSR count). The van der Waals surface area contributed by atoms with Crippen LogP contribution in [0.4, 0.5) is 4.39 Å². The number of halogens is 1. The highest BCUT2D eigenvalue weighted by Crippen LogP contribution is 2.34. The van der Waals surface area contributed by atoms with Crippen molar-refractivity contribution in [3.63, 3.8) is 0 Å². The van der Waals surface area contributed by atoms with Gasteiger partial charge in [-0.05, 0) is 31.5 Å².